The van der Waals surface area contributed by atoms with Gasteiger partial charge in [0.15, 0.2) is 15.6 Å². The molecule has 0 radical (unpaired) electrons. The summed E-state index contributed by atoms with van der Waals surface area (Å²) in [5, 5.41) is 15.4. The minimum atomic E-state index is -3.80. The molecule has 2 aliphatic carbocycles. The standard InChI is InChI=1S/C20H28ClN3O4S/c1-12-5-4-6-16(12)22-20(26)23-17-8-7-15(21)19(18(17)25)29(27,28)14-9-13(10-14)11-24(2)3/h5,7-8,13-14,16,25H,4,6,9-11H2,1-3H3,(H2,22,23,26). The fourth-order valence-electron chi connectivity index (χ4n) is 4.03. The van der Waals surface area contributed by atoms with Gasteiger partial charge in [0.05, 0.1) is 22.0 Å². The number of nitrogens with one attached hydrogen (secondary N) is 2. The number of hydrogen-bond acceptors (Lipinski definition) is 5. The lowest BCUT2D eigenvalue weighted by molar-refractivity contribution is 0.232. The van der Waals surface area contributed by atoms with Gasteiger partial charge in [-0.3, -0.25) is 0 Å². The Kier molecular flexibility index (Phi) is 6.45. The Hall–Kier alpha value is -1.77. The number of urea groups is 1. The van der Waals surface area contributed by atoms with Gasteiger partial charge in [0.25, 0.3) is 0 Å². The van der Waals surface area contributed by atoms with Crippen LogP contribution in [0.15, 0.2) is 28.7 Å². The summed E-state index contributed by atoms with van der Waals surface area (Å²) in [6.07, 6.45) is 4.85. The Bertz CT molecular complexity index is 924. The minimum Gasteiger partial charge on any atom is -0.504 e. The topological polar surface area (TPSA) is 98.7 Å². The lowest BCUT2D eigenvalue weighted by Crippen LogP contribution is -2.40. The van der Waals surface area contributed by atoms with E-state index in [1.165, 1.54) is 12.1 Å². The number of halogens is 1. The van der Waals surface area contributed by atoms with Gasteiger partial charge in [-0.1, -0.05) is 23.3 Å². The monoisotopic (exact) mass is 441 g/mol. The number of phenols is 1. The first-order valence-corrected chi connectivity index (χ1v) is 11.7. The zero-order chi connectivity index (χ0) is 21.3. The normalized spacial score (nSPS) is 24.2. The van der Waals surface area contributed by atoms with Crippen molar-refractivity contribution in [1.82, 2.24) is 10.2 Å². The number of amides is 2. The first-order valence-electron chi connectivity index (χ1n) is 9.73. The summed E-state index contributed by atoms with van der Waals surface area (Å²) in [7, 11) is 0.101. The first kappa shape index (κ1) is 21.9. The molecule has 0 spiro atoms. The molecule has 2 aliphatic rings. The van der Waals surface area contributed by atoms with Gasteiger partial charge < -0.3 is 20.6 Å². The molecule has 1 atom stereocenters. The number of hydrogen-bond donors (Lipinski definition) is 3. The maximum Gasteiger partial charge on any atom is 0.319 e. The summed E-state index contributed by atoms with van der Waals surface area (Å²) in [5.41, 5.74) is 1.11. The highest BCUT2D eigenvalue weighted by Gasteiger charge is 2.42. The number of benzene rings is 1. The van der Waals surface area contributed by atoms with E-state index < -0.39 is 26.9 Å². The Morgan fingerprint density at radius 3 is 2.59 bits per heavy atom. The van der Waals surface area contributed by atoms with E-state index in [1.807, 2.05) is 25.9 Å². The van der Waals surface area contributed by atoms with E-state index in [4.69, 9.17) is 11.6 Å². The van der Waals surface area contributed by atoms with Crippen molar-refractivity contribution in [3.05, 3.63) is 28.8 Å². The third-order valence-electron chi connectivity index (χ3n) is 5.65. The highest BCUT2D eigenvalue weighted by atomic mass is 35.5. The first-order chi connectivity index (χ1) is 13.6. The van der Waals surface area contributed by atoms with E-state index in [0.717, 1.165) is 25.0 Å². The van der Waals surface area contributed by atoms with Gasteiger partial charge in [0, 0.05) is 6.54 Å². The molecule has 0 heterocycles. The SMILES string of the molecule is CC1=CCCC1NC(=O)Nc1ccc(Cl)c(S(=O)(=O)C2CC(CN(C)C)C2)c1O. The van der Waals surface area contributed by atoms with E-state index in [0.29, 0.717) is 18.8 Å². The second-order valence-electron chi connectivity index (χ2n) is 8.22. The number of allylic oxidation sites excluding steroid dienone is 1. The van der Waals surface area contributed by atoms with Gasteiger partial charge >= 0.3 is 6.03 Å². The van der Waals surface area contributed by atoms with Crippen LogP contribution < -0.4 is 10.6 Å². The summed E-state index contributed by atoms with van der Waals surface area (Å²) in [5.74, 6) is -0.206. The maximum atomic E-state index is 13.1. The van der Waals surface area contributed by atoms with Crippen molar-refractivity contribution in [2.45, 2.75) is 48.8 Å². The highest BCUT2D eigenvalue weighted by molar-refractivity contribution is 7.92. The predicted octanol–water partition coefficient (Wildman–Crippen LogP) is 3.39. The molecule has 3 N–H and O–H groups in total. The summed E-state index contributed by atoms with van der Waals surface area (Å²) in [6, 6.07) is 2.24. The lowest BCUT2D eigenvalue weighted by Gasteiger charge is -2.36. The molecule has 0 aliphatic heterocycles. The molecular weight excluding hydrogens is 414 g/mol. The molecule has 0 aromatic heterocycles. The summed E-state index contributed by atoms with van der Waals surface area (Å²) in [4.78, 5) is 14.0. The molecular formula is C20H28ClN3O4S. The molecule has 160 valence electrons. The molecule has 2 amide bonds. The van der Waals surface area contributed by atoms with Gasteiger partial charge in [-0.15, -0.1) is 0 Å². The molecule has 1 fully saturated rings. The molecule has 29 heavy (non-hydrogen) atoms. The summed E-state index contributed by atoms with van der Waals surface area (Å²) < 4.78 is 26.1. The molecule has 7 nitrogen and oxygen atoms in total. The van der Waals surface area contributed by atoms with Crippen LogP contribution in [0.25, 0.3) is 0 Å². The molecule has 0 saturated heterocycles. The molecule has 3 rings (SSSR count). The zero-order valence-corrected chi connectivity index (χ0v) is 18.5. The smallest absolute Gasteiger partial charge is 0.319 e. The molecule has 0 bridgehead atoms. The third-order valence-corrected chi connectivity index (χ3v) is 8.32. The highest BCUT2D eigenvalue weighted by Crippen LogP contribution is 2.44. The van der Waals surface area contributed by atoms with Crippen LogP contribution in [0, 0.1) is 5.92 Å². The van der Waals surface area contributed by atoms with Crippen LogP contribution in [0.2, 0.25) is 5.02 Å². The maximum absolute atomic E-state index is 13.1. The fourth-order valence-corrected chi connectivity index (χ4v) is 6.61. The molecule has 1 aromatic rings. The van der Waals surface area contributed by atoms with Crippen LogP contribution in [0.5, 0.6) is 5.75 Å². The number of carbonyl (C=O) groups excluding carboxylic acids is 1. The zero-order valence-electron chi connectivity index (χ0n) is 16.9. The largest absolute Gasteiger partial charge is 0.504 e. The number of sulfone groups is 1. The number of anilines is 1. The average molecular weight is 442 g/mol. The van der Waals surface area contributed by atoms with Gasteiger partial charge in [0.1, 0.15) is 4.90 Å². The van der Waals surface area contributed by atoms with Crippen LogP contribution >= 0.6 is 11.6 Å². The van der Waals surface area contributed by atoms with Crippen molar-refractivity contribution in [3.8, 4) is 5.75 Å². The second kappa shape index (κ2) is 8.53. The number of nitrogens with zero attached hydrogens (tertiary/aromatic N) is 1. The van der Waals surface area contributed by atoms with Crippen LogP contribution in [0.4, 0.5) is 10.5 Å². The van der Waals surface area contributed by atoms with E-state index in [9.17, 15) is 18.3 Å². The van der Waals surface area contributed by atoms with Gasteiger partial charge in [-0.05, 0) is 64.8 Å². The minimum absolute atomic E-state index is 0.0225. The van der Waals surface area contributed by atoms with E-state index in [-0.39, 0.29) is 21.6 Å². The Labute approximate surface area is 177 Å². The molecule has 1 saturated carbocycles. The van der Waals surface area contributed by atoms with Crippen molar-refractivity contribution in [2.24, 2.45) is 5.92 Å². The Balaban J connectivity index is 1.75. The average Bonchev–Trinajstić information content (AvgIpc) is 2.97. The van der Waals surface area contributed by atoms with Crippen LogP contribution in [0.3, 0.4) is 0 Å². The molecule has 1 aromatic carbocycles. The van der Waals surface area contributed by atoms with E-state index in [1.54, 1.807) is 0 Å². The number of phenolic OH excluding ortho intramolecular Hbond substituents is 1. The quantitative estimate of drug-likeness (QED) is 0.464. The number of rotatable bonds is 6. The second-order valence-corrected chi connectivity index (χ2v) is 10.8. The Morgan fingerprint density at radius 1 is 1.31 bits per heavy atom. The van der Waals surface area contributed by atoms with E-state index in [2.05, 4.69) is 16.7 Å². The van der Waals surface area contributed by atoms with Gasteiger partial charge in [-0.25, -0.2) is 13.2 Å². The van der Waals surface area contributed by atoms with Crippen molar-refractivity contribution >= 4 is 33.2 Å². The van der Waals surface area contributed by atoms with Crippen LogP contribution in [0.1, 0.15) is 32.6 Å². The number of aromatic hydroxyl groups is 1. The number of carbonyl (C=O) groups is 1. The van der Waals surface area contributed by atoms with E-state index >= 15 is 0 Å². The Morgan fingerprint density at radius 2 is 2.00 bits per heavy atom. The van der Waals surface area contributed by atoms with Crippen molar-refractivity contribution in [1.29, 1.82) is 0 Å². The third kappa shape index (κ3) is 4.70. The molecule has 1 unspecified atom stereocenters. The van der Waals surface area contributed by atoms with Crippen molar-refractivity contribution in [3.63, 3.8) is 0 Å². The van der Waals surface area contributed by atoms with Crippen LogP contribution in [-0.2, 0) is 9.84 Å². The van der Waals surface area contributed by atoms with Crippen molar-refractivity contribution in [2.75, 3.05) is 26.0 Å². The van der Waals surface area contributed by atoms with Gasteiger partial charge in [0.2, 0.25) is 0 Å². The predicted molar refractivity (Wildman–Crippen MR) is 114 cm³/mol. The molecule has 9 heteroatoms. The van der Waals surface area contributed by atoms with Crippen molar-refractivity contribution < 1.29 is 18.3 Å². The van der Waals surface area contributed by atoms with Crippen LogP contribution in [-0.4, -0.2) is 56.4 Å². The summed E-state index contributed by atoms with van der Waals surface area (Å²) >= 11 is 6.14. The lowest BCUT2D eigenvalue weighted by atomic mass is 9.84. The summed E-state index contributed by atoms with van der Waals surface area (Å²) in [6.45, 7) is 2.77. The fraction of sp³-hybridized carbons (Fsp3) is 0.550. The van der Waals surface area contributed by atoms with Gasteiger partial charge in [-0.2, -0.15) is 0 Å².